The van der Waals surface area contributed by atoms with Crippen LogP contribution in [0.15, 0.2) is 71.2 Å². The second-order valence-electron chi connectivity index (χ2n) is 7.20. The Kier molecular flexibility index (Phi) is 4.87. The van der Waals surface area contributed by atoms with Crippen molar-refractivity contribution in [2.24, 2.45) is 0 Å². The lowest BCUT2D eigenvalue weighted by Crippen LogP contribution is -2.11. The van der Waals surface area contributed by atoms with Crippen LogP contribution in [0, 0.1) is 0 Å². The smallest absolute Gasteiger partial charge is 0.0697 e. The summed E-state index contributed by atoms with van der Waals surface area (Å²) in [7, 11) is 0. The summed E-state index contributed by atoms with van der Waals surface area (Å²) in [5.41, 5.74) is 12.6. The van der Waals surface area contributed by atoms with Crippen molar-refractivity contribution in [2.75, 3.05) is 11.1 Å². The summed E-state index contributed by atoms with van der Waals surface area (Å²) in [4.78, 5) is 0. The molecule has 3 aromatic rings. The van der Waals surface area contributed by atoms with Crippen LogP contribution >= 0.6 is 15.9 Å². The summed E-state index contributed by atoms with van der Waals surface area (Å²) in [5, 5.41) is 3.50. The van der Waals surface area contributed by atoms with Gasteiger partial charge in [-0.05, 0) is 56.7 Å². The second-order valence-corrected chi connectivity index (χ2v) is 8.06. The minimum absolute atomic E-state index is 0.0941. The molecule has 0 aliphatic heterocycles. The summed E-state index contributed by atoms with van der Waals surface area (Å²) >= 11 is 3.50. The van der Waals surface area contributed by atoms with Gasteiger partial charge in [-0.15, -0.1) is 0 Å². The van der Waals surface area contributed by atoms with Crippen LogP contribution in [0.25, 0.3) is 11.1 Å². The van der Waals surface area contributed by atoms with Crippen LogP contribution in [0.5, 0.6) is 0 Å². The third-order valence-electron chi connectivity index (χ3n) is 4.29. The van der Waals surface area contributed by atoms with E-state index in [0.29, 0.717) is 5.69 Å². The molecule has 3 aromatic carbocycles. The summed E-state index contributed by atoms with van der Waals surface area (Å²) < 4.78 is 0.894. The van der Waals surface area contributed by atoms with Gasteiger partial charge in [-0.3, -0.25) is 0 Å². The summed E-state index contributed by atoms with van der Waals surface area (Å²) in [6, 6.07) is 23.0. The van der Waals surface area contributed by atoms with Gasteiger partial charge in [0.1, 0.15) is 0 Å². The molecule has 0 bridgehead atoms. The number of nitrogen functional groups attached to an aromatic ring is 1. The molecule has 3 rings (SSSR count). The SMILES string of the molecule is CC(C)(C)c1ccc(Nc2cccc(Br)c2N)c(-c2ccccc2)c1. The summed E-state index contributed by atoms with van der Waals surface area (Å²) in [6.45, 7) is 6.70. The molecule has 0 aliphatic carbocycles. The van der Waals surface area contributed by atoms with Gasteiger partial charge in [0.2, 0.25) is 0 Å². The highest BCUT2D eigenvalue weighted by atomic mass is 79.9. The highest BCUT2D eigenvalue weighted by Crippen LogP contribution is 2.37. The van der Waals surface area contributed by atoms with E-state index >= 15 is 0 Å². The zero-order valence-corrected chi connectivity index (χ0v) is 16.4. The number of hydrogen-bond donors (Lipinski definition) is 2. The van der Waals surface area contributed by atoms with Crippen molar-refractivity contribution < 1.29 is 0 Å². The predicted octanol–water partition coefficient (Wildman–Crippen LogP) is 6.74. The van der Waals surface area contributed by atoms with E-state index in [1.807, 2.05) is 24.3 Å². The molecular formula is C22H23BrN2. The lowest BCUT2D eigenvalue weighted by Gasteiger charge is -2.22. The minimum Gasteiger partial charge on any atom is -0.396 e. The van der Waals surface area contributed by atoms with Crippen molar-refractivity contribution in [1.82, 2.24) is 0 Å². The zero-order chi connectivity index (χ0) is 18.0. The third-order valence-corrected chi connectivity index (χ3v) is 4.98. The molecule has 0 saturated carbocycles. The van der Waals surface area contributed by atoms with Gasteiger partial charge in [-0.25, -0.2) is 0 Å². The Hall–Kier alpha value is -2.26. The Morgan fingerprint density at radius 3 is 2.24 bits per heavy atom. The monoisotopic (exact) mass is 394 g/mol. The van der Waals surface area contributed by atoms with Gasteiger partial charge in [0.25, 0.3) is 0 Å². The molecule has 0 unspecified atom stereocenters. The van der Waals surface area contributed by atoms with Gasteiger partial charge in [-0.1, -0.05) is 63.2 Å². The molecule has 25 heavy (non-hydrogen) atoms. The zero-order valence-electron chi connectivity index (χ0n) is 14.8. The number of anilines is 3. The summed E-state index contributed by atoms with van der Waals surface area (Å²) in [6.07, 6.45) is 0. The third kappa shape index (κ3) is 3.88. The molecule has 3 N–H and O–H groups in total. The van der Waals surface area contributed by atoms with Crippen molar-refractivity contribution in [3.8, 4) is 11.1 Å². The number of halogens is 1. The van der Waals surface area contributed by atoms with E-state index in [1.54, 1.807) is 0 Å². The maximum atomic E-state index is 6.21. The lowest BCUT2D eigenvalue weighted by atomic mass is 9.85. The van der Waals surface area contributed by atoms with Gasteiger partial charge < -0.3 is 11.1 Å². The van der Waals surface area contributed by atoms with Crippen LogP contribution in [-0.2, 0) is 5.41 Å². The lowest BCUT2D eigenvalue weighted by molar-refractivity contribution is 0.590. The fraction of sp³-hybridized carbons (Fsp3) is 0.182. The van der Waals surface area contributed by atoms with E-state index in [2.05, 4.69) is 84.5 Å². The number of hydrogen-bond acceptors (Lipinski definition) is 2. The number of nitrogens with one attached hydrogen (secondary N) is 1. The van der Waals surface area contributed by atoms with E-state index in [-0.39, 0.29) is 5.41 Å². The molecule has 0 saturated heterocycles. The van der Waals surface area contributed by atoms with E-state index in [1.165, 1.54) is 16.7 Å². The predicted molar refractivity (Wildman–Crippen MR) is 112 cm³/mol. The van der Waals surface area contributed by atoms with E-state index in [9.17, 15) is 0 Å². The first-order valence-corrected chi connectivity index (χ1v) is 9.16. The fourth-order valence-corrected chi connectivity index (χ4v) is 3.13. The number of para-hydroxylation sites is 1. The maximum Gasteiger partial charge on any atom is 0.0697 e. The van der Waals surface area contributed by atoms with E-state index < -0.39 is 0 Å². The van der Waals surface area contributed by atoms with Crippen molar-refractivity contribution >= 4 is 33.0 Å². The van der Waals surface area contributed by atoms with Crippen LogP contribution in [-0.4, -0.2) is 0 Å². The Morgan fingerprint density at radius 2 is 1.56 bits per heavy atom. The van der Waals surface area contributed by atoms with Crippen LogP contribution in [0.4, 0.5) is 17.1 Å². The molecular weight excluding hydrogens is 372 g/mol. The molecule has 2 nitrogen and oxygen atoms in total. The minimum atomic E-state index is 0.0941. The maximum absolute atomic E-state index is 6.21. The standard InChI is InChI=1S/C22H23BrN2/c1-22(2,3)16-12-13-19(17(14-16)15-8-5-4-6-9-15)25-20-11-7-10-18(23)21(20)24/h4-14,25H,24H2,1-3H3. The largest absolute Gasteiger partial charge is 0.396 e. The first kappa shape index (κ1) is 17.6. The Bertz CT molecular complexity index is 880. The van der Waals surface area contributed by atoms with Gasteiger partial charge in [0.15, 0.2) is 0 Å². The molecule has 0 fully saturated rings. The van der Waals surface area contributed by atoms with Gasteiger partial charge in [0.05, 0.1) is 11.4 Å². The molecule has 0 amide bonds. The van der Waals surface area contributed by atoms with Crippen LogP contribution in [0.3, 0.4) is 0 Å². The Morgan fingerprint density at radius 1 is 0.840 bits per heavy atom. The van der Waals surface area contributed by atoms with E-state index in [4.69, 9.17) is 5.73 Å². The van der Waals surface area contributed by atoms with Crippen molar-refractivity contribution in [3.63, 3.8) is 0 Å². The first-order valence-electron chi connectivity index (χ1n) is 8.37. The average molecular weight is 395 g/mol. The molecule has 0 radical (unpaired) electrons. The molecule has 0 spiro atoms. The quantitative estimate of drug-likeness (QED) is 0.482. The normalized spacial score (nSPS) is 11.4. The molecule has 0 atom stereocenters. The first-order chi connectivity index (χ1) is 11.9. The molecule has 128 valence electrons. The fourth-order valence-electron chi connectivity index (χ4n) is 2.77. The van der Waals surface area contributed by atoms with Gasteiger partial charge in [-0.2, -0.15) is 0 Å². The van der Waals surface area contributed by atoms with Gasteiger partial charge in [0, 0.05) is 15.7 Å². The Labute approximate surface area is 158 Å². The molecule has 0 heterocycles. The highest BCUT2D eigenvalue weighted by Gasteiger charge is 2.17. The topological polar surface area (TPSA) is 38.0 Å². The number of nitrogens with two attached hydrogens (primary N) is 1. The second kappa shape index (κ2) is 6.93. The van der Waals surface area contributed by atoms with Gasteiger partial charge >= 0.3 is 0 Å². The molecule has 0 aromatic heterocycles. The molecule has 3 heteroatoms. The van der Waals surface area contributed by atoms with Crippen molar-refractivity contribution in [3.05, 3.63) is 76.8 Å². The summed E-state index contributed by atoms with van der Waals surface area (Å²) in [5.74, 6) is 0. The number of benzene rings is 3. The van der Waals surface area contributed by atoms with E-state index in [0.717, 1.165) is 15.8 Å². The van der Waals surface area contributed by atoms with Crippen LogP contribution < -0.4 is 11.1 Å². The van der Waals surface area contributed by atoms with Crippen molar-refractivity contribution in [2.45, 2.75) is 26.2 Å². The Balaban J connectivity index is 2.11. The van der Waals surface area contributed by atoms with Crippen LogP contribution in [0.1, 0.15) is 26.3 Å². The van der Waals surface area contributed by atoms with Crippen LogP contribution in [0.2, 0.25) is 0 Å². The average Bonchev–Trinajstić information content (AvgIpc) is 2.59. The molecule has 0 aliphatic rings. The highest BCUT2D eigenvalue weighted by molar-refractivity contribution is 9.10. The number of rotatable bonds is 3. The van der Waals surface area contributed by atoms with Crippen molar-refractivity contribution in [1.29, 1.82) is 0 Å².